The molecule has 3 unspecified atom stereocenters. The second-order valence-corrected chi connectivity index (χ2v) is 23.3. The van der Waals surface area contributed by atoms with E-state index in [9.17, 15) is 0 Å². The molecule has 0 radical (unpaired) electrons. The highest BCUT2D eigenvalue weighted by atomic mass is 33.3. The summed E-state index contributed by atoms with van der Waals surface area (Å²) in [6, 6.07) is 0. The molecule has 0 aliphatic rings. The van der Waals surface area contributed by atoms with E-state index in [2.05, 4.69) is 76.8 Å². The van der Waals surface area contributed by atoms with Crippen LogP contribution in [0.5, 0.6) is 0 Å². The van der Waals surface area contributed by atoms with Gasteiger partial charge >= 0.3 is 0 Å². The van der Waals surface area contributed by atoms with Crippen molar-refractivity contribution < 1.29 is 14.2 Å². The largest absolute Gasteiger partial charge is 0.393 e. The Bertz CT molecular complexity index is 602. The van der Waals surface area contributed by atoms with Gasteiger partial charge in [-0.2, -0.15) is 0 Å². The van der Waals surface area contributed by atoms with Crippen LogP contribution in [0.25, 0.3) is 0 Å². The number of aliphatic hydroxyl groups excluding tert-OH is 1. The van der Waals surface area contributed by atoms with Crippen LogP contribution in [0.1, 0.15) is 89.0 Å². The minimum absolute atomic E-state index is 0. The maximum atomic E-state index is 8.72. The van der Waals surface area contributed by atoms with Crippen molar-refractivity contribution in [2.75, 3.05) is 0 Å². The summed E-state index contributed by atoms with van der Waals surface area (Å²) < 4.78 is 11.5. The van der Waals surface area contributed by atoms with Crippen molar-refractivity contribution in [2.24, 2.45) is 17.8 Å². The van der Waals surface area contributed by atoms with Gasteiger partial charge in [-0.15, -0.1) is 0 Å². The molecule has 0 heterocycles. The van der Waals surface area contributed by atoms with Gasteiger partial charge in [-0.25, -0.2) is 0 Å². The molecule has 0 aliphatic heterocycles. The predicted molar refractivity (Wildman–Crippen MR) is 172 cm³/mol. The Balaban J connectivity index is -0.000000217. The van der Waals surface area contributed by atoms with Crippen LogP contribution in [0.2, 0.25) is 0 Å². The summed E-state index contributed by atoms with van der Waals surface area (Å²) in [5.41, 5.74) is -2.39. The fourth-order valence-electron chi connectivity index (χ4n) is 2.62. The normalized spacial score (nSPS) is 15.4. The molecule has 0 aromatic carbocycles. The quantitative estimate of drug-likeness (QED) is 0.174. The summed E-state index contributed by atoms with van der Waals surface area (Å²) in [5.74, 6) is 1.82. The lowest BCUT2D eigenvalue weighted by molar-refractivity contribution is 0.144. The second kappa shape index (κ2) is 26.6. The third-order valence-electron chi connectivity index (χ3n) is 3.17. The van der Waals surface area contributed by atoms with E-state index in [1.54, 1.807) is 18.4 Å². The first-order valence-electron chi connectivity index (χ1n) is 10.2. The summed E-state index contributed by atoms with van der Waals surface area (Å²) in [5, 5.41) is 8.72. The molecule has 0 spiro atoms. The highest BCUT2D eigenvalue weighted by Crippen LogP contribution is 2.56. The molecule has 0 saturated carbocycles. The zero-order valence-corrected chi connectivity index (χ0v) is 28.6. The van der Waals surface area contributed by atoms with Crippen LogP contribution in [0, 0.1) is 17.8 Å². The third-order valence-corrected chi connectivity index (χ3v) is 15.5. The molecular weight excluding hydrogens is 594 g/mol. The van der Waals surface area contributed by atoms with E-state index in [-0.39, 0.29) is 25.7 Å². The summed E-state index contributed by atoms with van der Waals surface area (Å²) in [4.78, 5) is 0. The van der Waals surface area contributed by atoms with Gasteiger partial charge in [0.2, 0.25) is 5.69 Å². The van der Waals surface area contributed by atoms with Gasteiger partial charge in [-0.05, 0) is 120 Å². The zero-order valence-electron chi connectivity index (χ0n) is 20.1. The molecule has 0 rings (SSSR count). The van der Waals surface area contributed by atoms with Gasteiger partial charge in [0.1, 0.15) is 0 Å². The maximum absolute atomic E-state index is 8.72. The molecule has 3 nitrogen and oxygen atoms in total. The van der Waals surface area contributed by atoms with Crippen molar-refractivity contribution in [1.29, 1.82) is 0 Å². The number of aliphatic hydroxyl groups is 1. The Hall–Kier alpha value is 2.58. The van der Waals surface area contributed by atoms with E-state index in [1.165, 1.54) is 15.9 Å². The SMILES string of the molecule is C.CC(C)CC(C)O.CC(C)CC(C)OP(=S)(S)OC(C)CC(C)C.S=PP=S=S=S=S. The van der Waals surface area contributed by atoms with Gasteiger partial charge in [0.05, 0.1) is 18.3 Å². The van der Waals surface area contributed by atoms with Crippen molar-refractivity contribution in [3.63, 3.8) is 0 Å². The number of hydrogen-bond acceptors (Lipinski definition) is 6. The Kier molecular flexibility index (Phi) is 34.7. The summed E-state index contributed by atoms with van der Waals surface area (Å²) in [6.07, 6.45) is 3.00. The smallest absolute Gasteiger partial charge is 0.244 e. The average molecular weight is 639 g/mol. The molecule has 196 valence electrons. The lowest BCUT2D eigenvalue weighted by atomic mass is 10.1. The molecule has 32 heavy (non-hydrogen) atoms. The van der Waals surface area contributed by atoms with Crippen molar-refractivity contribution in [2.45, 2.75) is 107 Å². The van der Waals surface area contributed by atoms with E-state index in [0.717, 1.165) is 26.3 Å². The van der Waals surface area contributed by atoms with Crippen LogP contribution in [-0.2, 0) is 71.1 Å². The van der Waals surface area contributed by atoms with Crippen LogP contribution in [0.3, 0.4) is 0 Å². The first-order valence-corrected chi connectivity index (χ1v) is 22.5. The van der Waals surface area contributed by atoms with Gasteiger partial charge in [0.15, 0.2) is 0 Å². The molecule has 3 atom stereocenters. The average Bonchev–Trinajstić information content (AvgIpc) is 2.52. The van der Waals surface area contributed by atoms with Gasteiger partial charge in [0.25, 0.3) is 0 Å². The van der Waals surface area contributed by atoms with Crippen LogP contribution >= 0.6 is 32.0 Å². The molecule has 0 aromatic rings. The molecule has 13 heteroatoms. The highest BCUT2D eigenvalue weighted by molar-refractivity contribution is 8.63. The van der Waals surface area contributed by atoms with Crippen LogP contribution in [0.15, 0.2) is 0 Å². The lowest BCUT2D eigenvalue weighted by Gasteiger charge is -2.26. The van der Waals surface area contributed by atoms with E-state index < -0.39 is 5.69 Å². The molecule has 0 aliphatic carbocycles. The topological polar surface area (TPSA) is 38.7 Å². The fourth-order valence-corrected chi connectivity index (χ4v) is 15.2. The highest BCUT2D eigenvalue weighted by Gasteiger charge is 2.21. The van der Waals surface area contributed by atoms with E-state index in [1.807, 2.05) is 20.8 Å². The Morgan fingerprint density at radius 3 is 1.47 bits per heavy atom. The molecule has 0 bridgehead atoms. The van der Waals surface area contributed by atoms with Gasteiger partial charge < -0.3 is 14.2 Å². The second-order valence-electron chi connectivity index (χ2n) is 8.41. The fraction of sp³-hybridized carbons (Fsp3) is 1.00. The molecule has 0 aromatic heterocycles. The van der Waals surface area contributed by atoms with Crippen LogP contribution in [-0.4, -0.2) is 23.4 Å². The summed E-state index contributed by atoms with van der Waals surface area (Å²) >= 11 is 19.0. The monoisotopic (exact) mass is 638 g/mol. The minimum Gasteiger partial charge on any atom is -0.393 e. The number of rotatable bonds is 11. The number of hydrogen-bond donors (Lipinski definition) is 2. The van der Waals surface area contributed by atoms with Gasteiger partial charge in [-0.1, -0.05) is 61.2 Å². The molecule has 0 saturated heterocycles. The van der Waals surface area contributed by atoms with Crippen molar-refractivity contribution >= 4 is 94.1 Å². The van der Waals surface area contributed by atoms with E-state index in [0.29, 0.717) is 17.8 Å². The summed E-state index contributed by atoms with van der Waals surface area (Å²) in [7, 11) is 6.83. The number of thiol groups is 1. The standard InChI is InChI=1S/C12H27O2PS2.C6H14O.CH4.P2S5/c1-9(2)7-11(5)13-15(16,17)14-12(6)8-10(3)4;1-5(2)4-6(3)7;;3-1-2-5-7-6-4/h9-12H,7-8H2,1-6H3,(H,16,17);5-7H,4H2,1-3H3;1H4;. The minimum atomic E-state index is -2.39. The zero-order chi connectivity index (χ0) is 25.0. The Morgan fingerprint density at radius 1 is 0.875 bits per heavy atom. The summed E-state index contributed by atoms with van der Waals surface area (Å²) in [6.45, 7) is 18.8. The van der Waals surface area contributed by atoms with Crippen molar-refractivity contribution in [3.8, 4) is 0 Å². The first-order chi connectivity index (χ1) is 14.2. The van der Waals surface area contributed by atoms with Gasteiger partial charge in [-0.3, -0.25) is 0 Å². The lowest BCUT2D eigenvalue weighted by Crippen LogP contribution is -2.13. The Morgan fingerprint density at radius 2 is 1.25 bits per heavy atom. The van der Waals surface area contributed by atoms with Crippen LogP contribution < -0.4 is 0 Å². The molecular formula is C19H45O3P3S7. The third kappa shape index (κ3) is 39.8. The van der Waals surface area contributed by atoms with E-state index in [4.69, 9.17) is 26.0 Å². The van der Waals surface area contributed by atoms with Gasteiger partial charge in [0, 0.05) is 14.1 Å². The molecule has 0 fully saturated rings. The maximum Gasteiger partial charge on any atom is 0.244 e. The van der Waals surface area contributed by atoms with Crippen molar-refractivity contribution in [3.05, 3.63) is 0 Å². The predicted octanol–water partition coefficient (Wildman–Crippen LogP) is 8.80. The molecule has 0 amide bonds. The first kappa shape index (κ1) is 41.7. The Labute approximate surface area is 231 Å². The van der Waals surface area contributed by atoms with Crippen LogP contribution in [0.4, 0.5) is 0 Å². The van der Waals surface area contributed by atoms with Crippen molar-refractivity contribution in [1.82, 2.24) is 0 Å². The van der Waals surface area contributed by atoms with E-state index >= 15 is 0 Å². The molecule has 1 N–H and O–H groups in total.